The third-order valence-electron chi connectivity index (χ3n) is 3.64. The van der Waals surface area contributed by atoms with E-state index in [1.54, 1.807) is 10.4 Å². The lowest BCUT2D eigenvalue weighted by Crippen LogP contribution is -2.14. The van der Waals surface area contributed by atoms with Gasteiger partial charge in [-0.1, -0.05) is 6.42 Å². The number of hydrogen-bond donors (Lipinski definition) is 1. The molecule has 1 heterocycles. The van der Waals surface area contributed by atoms with Crippen molar-refractivity contribution in [3.05, 3.63) is 21.4 Å². The number of esters is 1. The van der Waals surface area contributed by atoms with E-state index in [1.807, 2.05) is 18.3 Å². The van der Waals surface area contributed by atoms with E-state index in [4.69, 9.17) is 4.74 Å². The van der Waals surface area contributed by atoms with E-state index in [0.29, 0.717) is 13.0 Å². The number of hydrogen-bond acceptors (Lipinski definition) is 4. The lowest BCUT2D eigenvalue weighted by atomic mass is 10.2. The molecule has 0 aliphatic heterocycles. The van der Waals surface area contributed by atoms with Crippen LogP contribution < -0.4 is 5.32 Å². The Morgan fingerprint density at radius 3 is 3.05 bits per heavy atom. The van der Waals surface area contributed by atoms with Gasteiger partial charge in [-0.3, -0.25) is 4.79 Å². The monoisotopic (exact) mass is 295 g/mol. The van der Waals surface area contributed by atoms with Crippen molar-refractivity contribution < 1.29 is 9.53 Å². The van der Waals surface area contributed by atoms with Crippen molar-refractivity contribution in [1.29, 1.82) is 0 Å². The Bertz CT molecular complexity index is 407. The predicted octanol–water partition coefficient (Wildman–Crippen LogP) is 3.45. The fourth-order valence-electron chi connectivity index (χ4n) is 2.62. The number of unbranched alkanes of at least 4 members (excludes halogenated alkanes) is 2. The normalized spacial score (nSPS) is 13.4. The average Bonchev–Trinajstić information content (AvgIpc) is 2.98. The number of rotatable bonds is 9. The van der Waals surface area contributed by atoms with Crippen molar-refractivity contribution in [3.63, 3.8) is 0 Å². The molecule has 0 unspecified atom stereocenters. The van der Waals surface area contributed by atoms with Gasteiger partial charge in [0.2, 0.25) is 0 Å². The molecule has 2 rings (SSSR count). The zero-order valence-corrected chi connectivity index (χ0v) is 13.2. The fourth-order valence-corrected chi connectivity index (χ4v) is 3.85. The second-order valence-corrected chi connectivity index (χ2v) is 6.53. The SMILES string of the molecule is CCOC(=O)CCCCCNCc1cc2c(s1)CCC2. The molecule has 3 nitrogen and oxygen atoms in total. The van der Waals surface area contributed by atoms with E-state index >= 15 is 0 Å². The molecule has 0 saturated carbocycles. The lowest BCUT2D eigenvalue weighted by molar-refractivity contribution is -0.143. The van der Waals surface area contributed by atoms with Crippen molar-refractivity contribution in [1.82, 2.24) is 5.32 Å². The smallest absolute Gasteiger partial charge is 0.305 e. The number of fused-ring (bicyclic) bond motifs is 1. The molecule has 1 aromatic rings. The zero-order chi connectivity index (χ0) is 14.2. The van der Waals surface area contributed by atoms with Crippen LogP contribution in [0.15, 0.2) is 6.07 Å². The van der Waals surface area contributed by atoms with Crippen LogP contribution in [0.3, 0.4) is 0 Å². The highest BCUT2D eigenvalue weighted by atomic mass is 32.1. The van der Waals surface area contributed by atoms with Gasteiger partial charge in [0.15, 0.2) is 0 Å². The maximum absolute atomic E-state index is 11.1. The minimum Gasteiger partial charge on any atom is -0.466 e. The molecule has 0 saturated heterocycles. The summed E-state index contributed by atoms with van der Waals surface area (Å²) < 4.78 is 4.90. The Kier molecular flexibility index (Phi) is 6.54. The summed E-state index contributed by atoms with van der Waals surface area (Å²) in [7, 11) is 0. The molecule has 0 radical (unpaired) electrons. The van der Waals surface area contributed by atoms with E-state index in [1.165, 1.54) is 24.1 Å². The van der Waals surface area contributed by atoms with Crippen molar-refractivity contribution >= 4 is 17.3 Å². The molecule has 1 aromatic heterocycles. The fraction of sp³-hybridized carbons (Fsp3) is 0.688. The molecular formula is C16H25NO2S. The Balaban J connectivity index is 1.48. The van der Waals surface area contributed by atoms with E-state index in [0.717, 1.165) is 32.4 Å². The Hall–Kier alpha value is -0.870. The third-order valence-corrected chi connectivity index (χ3v) is 4.87. The van der Waals surface area contributed by atoms with Gasteiger partial charge in [-0.2, -0.15) is 0 Å². The van der Waals surface area contributed by atoms with Crippen molar-refractivity contribution in [2.45, 2.75) is 58.4 Å². The van der Waals surface area contributed by atoms with Gasteiger partial charge in [0.1, 0.15) is 0 Å². The first-order valence-electron chi connectivity index (χ1n) is 7.76. The first-order chi connectivity index (χ1) is 9.79. The topological polar surface area (TPSA) is 38.3 Å². The van der Waals surface area contributed by atoms with Crippen molar-refractivity contribution in [2.75, 3.05) is 13.2 Å². The van der Waals surface area contributed by atoms with Crippen molar-refractivity contribution in [2.24, 2.45) is 0 Å². The largest absolute Gasteiger partial charge is 0.466 e. The van der Waals surface area contributed by atoms with E-state index < -0.39 is 0 Å². The molecule has 1 N–H and O–H groups in total. The summed E-state index contributed by atoms with van der Waals surface area (Å²) in [6.07, 6.45) is 7.62. The van der Waals surface area contributed by atoms with Crippen LogP contribution in [-0.2, 0) is 28.9 Å². The van der Waals surface area contributed by atoms with E-state index in [-0.39, 0.29) is 5.97 Å². The summed E-state index contributed by atoms with van der Waals surface area (Å²) in [5, 5.41) is 3.50. The molecule has 0 spiro atoms. The maximum Gasteiger partial charge on any atom is 0.305 e. The third kappa shape index (κ3) is 4.91. The van der Waals surface area contributed by atoms with Crippen LogP contribution in [0.2, 0.25) is 0 Å². The second kappa shape index (κ2) is 8.42. The maximum atomic E-state index is 11.1. The van der Waals surface area contributed by atoms with Gasteiger partial charge in [-0.15, -0.1) is 11.3 Å². The number of aryl methyl sites for hydroxylation is 2. The molecule has 0 atom stereocenters. The predicted molar refractivity (Wildman–Crippen MR) is 83.2 cm³/mol. The standard InChI is InChI=1S/C16H25NO2S/c1-2-19-16(18)9-4-3-5-10-17-12-14-11-13-7-6-8-15(13)20-14/h11,17H,2-10,12H2,1H3. The van der Waals surface area contributed by atoms with Crippen LogP contribution in [0.4, 0.5) is 0 Å². The quantitative estimate of drug-likeness (QED) is 0.560. The van der Waals surface area contributed by atoms with Crippen LogP contribution >= 0.6 is 11.3 Å². The summed E-state index contributed by atoms with van der Waals surface area (Å²) in [5.41, 5.74) is 1.58. The number of ether oxygens (including phenoxy) is 1. The second-order valence-electron chi connectivity index (χ2n) is 5.31. The molecular weight excluding hydrogens is 270 g/mol. The average molecular weight is 295 g/mol. The van der Waals surface area contributed by atoms with Crippen molar-refractivity contribution in [3.8, 4) is 0 Å². The summed E-state index contributed by atoms with van der Waals surface area (Å²) >= 11 is 1.98. The van der Waals surface area contributed by atoms with Gasteiger partial charge in [-0.25, -0.2) is 0 Å². The molecule has 0 bridgehead atoms. The Morgan fingerprint density at radius 2 is 2.25 bits per heavy atom. The van der Waals surface area contributed by atoms with Crippen LogP contribution in [0.5, 0.6) is 0 Å². The number of nitrogens with one attached hydrogen (secondary N) is 1. The van der Waals surface area contributed by atoms with Crippen LogP contribution in [0, 0.1) is 0 Å². The molecule has 1 aliphatic rings. The van der Waals surface area contributed by atoms with Gasteiger partial charge in [0.05, 0.1) is 6.61 Å². The van der Waals surface area contributed by atoms with E-state index in [9.17, 15) is 4.79 Å². The van der Waals surface area contributed by atoms with Gasteiger partial charge < -0.3 is 10.1 Å². The minimum absolute atomic E-state index is 0.0615. The lowest BCUT2D eigenvalue weighted by Gasteiger charge is -2.04. The molecule has 20 heavy (non-hydrogen) atoms. The molecule has 0 aromatic carbocycles. The first-order valence-corrected chi connectivity index (χ1v) is 8.58. The van der Waals surface area contributed by atoms with Gasteiger partial charge >= 0.3 is 5.97 Å². The van der Waals surface area contributed by atoms with Gasteiger partial charge in [0.25, 0.3) is 0 Å². The molecule has 4 heteroatoms. The molecule has 112 valence electrons. The molecule has 0 amide bonds. The van der Waals surface area contributed by atoms with Gasteiger partial charge in [0, 0.05) is 22.7 Å². The first kappa shape index (κ1) is 15.5. The number of thiophene rings is 1. The highest BCUT2D eigenvalue weighted by Crippen LogP contribution is 2.30. The Morgan fingerprint density at radius 1 is 1.35 bits per heavy atom. The highest BCUT2D eigenvalue weighted by molar-refractivity contribution is 7.12. The number of carbonyl (C=O) groups excluding carboxylic acids is 1. The van der Waals surface area contributed by atoms with Crippen LogP contribution in [0.25, 0.3) is 0 Å². The zero-order valence-electron chi connectivity index (χ0n) is 12.4. The summed E-state index contributed by atoms with van der Waals surface area (Å²) in [6.45, 7) is 4.37. The van der Waals surface area contributed by atoms with E-state index in [2.05, 4.69) is 11.4 Å². The van der Waals surface area contributed by atoms with Crippen LogP contribution in [-0.4, -0.2) is 19.1 Å². The molecule has 1 aliphatic carbocycles. The van der Waals surface area contributed by atoms with Gasteiger partial charge in [-0.05, 0) is 57.2 Å². The summed E-state index contributed by atoms with van der Waals surface area (Å²) in [6, 6.07) is 2.38. The number of carbonyl (C=O) groups is 1. The summed E-state index contributed by atoms with van der Waals surface area (Å²) in [4.78, 5) is 14.2. The Labute approximate surface area is 125 Å². The summed E-state index contributed by atoms with van der Waals surface area (Å²) in [5.74, 6) is -0.0615. The van der Waals surface area contributed by atoms with Crippen LogP contribution in [0.1, 0.15) is 54.3 Å². The molecule has 0 fully saturated rings. The minimum atomic E-state index is -0.0615. The highest BCUT2D eigenvalue weighted by Gasteiger charge is 2.14.